The highest BCUT2D eigenvalue weighted by Gasteiger charge is 2.34. The SMILES string of the molecule is COC(=O)N1CC[C@@H](c2cc(=O)[nH]o2)C[C@H]1Cc1ccc(F)cc1F. The monoisotopic (exact) mass is 352 g/mol. The molecule has 0 saturated carbocycles. The summed E-state index contributed by atoms with van der Waals surface area (Å²) in [6, 6.07) is 4.41. The Morgan fingerprint density at radius 3 is 2.84 bits per heavy atom. The van der Waals surface area contributed by atoms with E-state index in [9.17, 15) is 18.4 Å². The van der Waals surface area contributed by atoms with Gasteiger partial charge in [0, 0.05) is 30.6 Å². The fourth-order valence-corrected chi connectivity index (χ4v) is 3.30. The predicted molar refractivity (Wildman–Crippen MR) is 84.3 cm³/mol. The fraction of sp³-hybridized carbons (Fsp3) is 0.412. The second-order valence-corrected chi connectivity index (χ2v) is 6.09. The van der Waals surface area contributed by atoms with E-state index in [2.05, 4.69) is 5.16 Å². The fourth-order valence-electron chi connectivity index (χ4n) is 3.30. The van der Waals surface area contributed by atoms with Gasteiger partial charge in [0.05, 0.1) is 7.11 Å². The predicted octanol–water partition coefficient (Wildman–Crippen LogP) is 2.80. The van der Waals surface area contributed by atoms with Gasteiger partial charge in [-0.05, 0) is 30.9 Å². The lowest BCUT2D eigenvalue weighted by molar-refractivity contribution is 0.0814. The molecule has 8 heteroatoms. The average molecular weight is 352 g/mol. The lowest BCUT2D eigenvalue weighted by Crippen LogP contribution is -2.46. The van der Waals surface area contributed by atoms with Crippen LogP contribution in [0.3, 0.4) is 0 Å². The zero-order valence-electron chi connectivity index (χ0n) is 13.6. The summed E-state index contributed by atoms with van der Waals surface area (Å²) in [5, 5.41) is 2.25. The van der Waals surface area contributed by atoms with Crippen LogP contribution in [0.4, 0.5) is 13.6 Å². The number of likely N-dealkylation sites (tertiary alicyclic amines) is 1. The van der Waals surface area contributed by atoms with Gasteiger partial charge in [0.1, 0.15) is 17.4 Å². The number of nitrogens with one attached hydrogen (secondary N) is 1. The van der Waals surface area contributed by atoms with Gasteiger partial charge in [-0.3, -0.25) is 4.79 Å². The molecule has 2 aromatic rings. The van der Waals surface area contributed by atoms with E-state index in [1.807, 2.05) is 0 Å². The highest BCUT2D eigenvalue weighted by atomic mass is 19.1. The molecule has 1 aliphatic heterocycles. The van der Waals surface area contributed by atoms with Gasteiger partial charge in [-0.25, -0.2) is 13.6 Å². The Balaban J connectivity index is 1.83. The van der Waals surface area contributed by atoms with Gasteiger partial charge in [-0.15, -0.1) is 0 Å². The minimum Gasteiger partial charge on any atom is -0.453 e. The number of hydrogen-bond acceptors (Lipinski definition) is 4. The second-order valence-electron chi connectivity index (χ2n) is 6.09. The summed E-state index contributed by atoms with van der Waals surface area (Å²) in [7, 11) is 1.29. The van der Waals surface area contributed by atoms with Crippen molar-refractivity contribution in [3.63, 3.8) is 0 Å². The molecule has 2 heterocycles. The standard InChI is InChI=1S/C17H18F2N2O4/c1-24-17(23)21-5-4-11(15-9-16(22)20-25-15)7-13(21)6-10-2-3-12(18)8-14(10)19/h2-3,8-9,11,13H,4-7H2,1H3,(H,20,22)/t11-,13-/m1/s1. The van der Waals surface area contributed by atoms with E-state index in [-0.39, 0.29) is 23.9 Å². The minimum absolute atomic E-state index is 0.0756. The quantitative estimate of drug-likeness (QED) is 0.922. The zero-order chi connectivity index (χ0) is 18.0. The summed E-state index contributed by atoms with van der Waals surface area (Å²) < 4.78 is 37.1. The zero-order valence-corrected chi connectivity index (χ0v) is 13.6. The van der Waals surface area contributed by atoms with Crippen LogP contribution in [0.15, 0.2) is 33.6 Å². The molecule has 1 amide bonds. The second kappa shape index (κ2) is 7.08. The minimum atomic E-state index is -0.653. The van der Waals surface area contributed by atoms with E-state index < -0.39 is 17.7 Å². The van der Waals surface area contributed by atoms with Crippen LogP contribution in [0.25, 0.3) is 0 Å². The Kier molecular flexibility index (Phi) is 4.87. The van der Waals surface area contributed by atoms with Gasteiger partial charge in [-0.2, -0.15) is 5.16 Å². The molecule has 0 radical (unpaired) electrons. The number of carbonyl (C=O) groups excluding carboxylic acids is 1. The van der Waals surface area contributed by atoms with Gasteiger partial charge in [0.2, 0.25) is 0 Å². The van der Waals surface area contributed by atoms with E-state index >= 15 is 0 Å². The molecule has 0 aliphatic carbocycles. The summed E-state index contributed by atoms with van der Waals surface area (Å²) in [6.07, 6.45) is 0.790. The number of ether oxygens (including phenoxy) is 1. The van der Waals surface area contributed by atoms with E-state index in [4.69, 9.17) is 9.26 Å². The first-order valence-electron chi connectivity index (χ1n) is 7.95. The number of methoxy groups -OCH3 is 1. The number of halogens is 2. The lowest BCUT2D eigenvalue weighted by atomic mass is 9.86. The molecule has 2 atom stereocenters. The van der Waals surface area contributed by atoms with Gasteiger partial charge in [-0.1, -0.05) is 6.07 Å². The molecule has 0 bridgehead atoms. The number of benzene rings is 1. The molecule has 0 spiro atoms. The van der Waals surface area contributed by atoms with Crippen molar-refractivity contribution in [3.8, 4) is 0 Å². The van der Waals surface area contributed by atoms with Crippen molar-refractivity contribution in [1.29, 1.82) is 0 Å². The number of aromatic nitrogens is 1. The van der Waals surface area contributed by atoms with Crippen LogP contribution in [0, 0.1) is 11.6 Å². The number of hydrogen-bond donors (Lipinski definition) is 1. The molecule has 25 heavy (non-hydrogen) atoms. The Morgan fingerprint density at radius 1 is 1.40 bits per heavy atom. The molecular formula is C17H18F2N2O4. The number of aromatic amines is 1. The Hall–Kier alpha value is -2.64. The Morgan fingerprint density at radius 2 is 2.20 bits per heavy atom. The third-order valence-electron chi connectivity index (χ3n) is 4.54. The number of H-pyrrole nitrogens is 1. The summed E-state index contributed by atoms with van der Waals surface area (Å²) in [5.74, 6) is -0.866. The summed E-state index contributed by atoms with van der Waals surface area (Å²) in [5.41, 5.74) is -0.0111. The average Bonchev–Trinajstić information content (AvgIpc) is 3.03. The van der Waals surface area contributed by atoms with Crippen molar-refractivity contribution in [2.24, 2.45) is 0 Å². The first-order valence-corrected chi connectivity index (χ1v) is 7.95. The molecule has 1 aliphatic rings. The Bertz CT molecular complexity index is 817. The molecule has 1 saturated heterocycles. The normalized spacial score (nSPS) is 20.5. The molecule has 0 unspecified atom stereocenters. The smallest absolute Gasteiger partial charge is 0.409 e. The van der Waals surface area contributed by atoms with Crippen molar-refractivity contribution in [3.05, 3.63) is 57.6 Å². The third kappa shape index (κ3) is 3.72. The highest BCUT2D eigenvalue weighted by Crippen LogP contribution is 2.33. The highest BCUT2D eigenvalue weighted by molar-refractivity contribution is 5.68. The van der Waals surface area contributed by atoms with Gasteiger partial charge in [0.15, 0.2) is 0 Å². The van der Waals surface area contributed by atoms with Gasteiger partial charge in [0.25, 0.3) is 5.56 Å². The van der Waals surface area contributed by atoms with Crippen LogP contribution in [0.1, 0.15) is 30.1 Å². The summed E-state index contributed by atoms with van der Waals surface area (Å²) in [4.78, 5) is 24.8. The number of amides is 1. The molecule has 6 nitrogen and oxygen atoms in total. The Labute approximate surface area is 142 Å². The molecule has 134 valence electrons. The maximum atomic E-state index is 14.0. The molecule has 1 N–H and O–H groups in total. The van der Waals surface area contributed by atoms with Crippen molar-refractivity contribution in [2.45, 2.75) is 31.2 Å². The van der Waals surface area contributed by atoms with E-state index in [1.54, 1.807) is 0 Å². The first-order chi connectivity index (χ1) is 12.0. The molecule has 1 aromatic heterocycles. The van der Waals surface area contributed by atoms with Crippen molar-refractivity contribution in [2.75, 3.05) is 13.7 Å². The van der Waals surface area contributed by atoms with Gasteiger partial charge >= 0.3 is 6.09 Å². The van der Waals surface area contributed by atoms with Crippen LogP contribution in [0.5, 0.6) is 0 Å². The first kappa shape index (κ1) is 17.2. The van der Waals surface area contributed by atoms with Crippen LogP contribution >= 0.6 is 0 Å². The van der Waals surface area contributed by atoms with Crippen LogP contribution in [0.2, 0.25) is 0 Å². The van der Waals surface area contributed by atoms with Crippen LogP contribution in [-0.2, 0) is 11.2 Å². The molecule has 1 fully saturated rings. The number of piperidine rings is 1. The number of nitrogens with zero attached hydrogens (tertiary/aromatic N) is 1. The van der Waals surface area contributed by atoms with E-state index in [0.717, 1.165) is 6.07 Å². The molecule has 3 rings (SSSR count). The maximum Gasteiger partial charge on any atom is 0.409 e. The molecular weight excluding hydrogens is 334 g/mol. The topological polar surface area (TPSA) is 75.5 Å². The van der Waals surface area contributed by atoms with Crippen molar-refractivity contribution in [1.82, 2.24) is 10.1 Å². The number of rotatable bonds is 3. The molecule has 1 aromatic carbocycles. The van der Waals surface area contributed by atoms with E-state index in [1.165, 1.54) is 30.2 Å². The third-order valence-corrected chi connectivity index (χ3v) is 4.54. The summed E-state index contributed by atoms with van der Waals surface area (Å²) >= 11 is 0. The lowest BCUT2D eigenvalue weighted by Gasteiger charge is -2.38. The van der Waals surface area contributed by atoms with Crippen molar-refractivity contribution < 1.29 is 22.8 Å². The largest absolute Gasteiger partial charge is 0.453 e. The maximum absolute atomic E-state index is 14.0. The van der Waals surface area contributed by atoms with E-state index in [0.29, 0.717) is 30.7 Å². The van der Waals surface area contributed by atoms with Crippen LogP contribution in [-0.4, -0.2) is 35.8 Å². The van der Waals surface area contributed by atoms with Crippen molar-refractivity contribution >= 4 is 6.09 Å². The number of carbonyl (C=O) groups is 1. The van der Waals surface area contributed by atoms with Gasteiger partial charge < -0.3 is 14.2 Å². The van der Waals surface area contributed by atoms with Crippen LogP contribution < -0.4 is 5.56 Å². The summed E-state index contributed by atoms with van der Waals surface area (Å²) in [6.45, 7) is 0.389.